The minimum atomic E-state index is -0.659. The highest BCUT2D eigenvalue weighted by Crippen LogP contribution is 2.31. The fourth-order valence-corrected chi connectivity index (χ4v) is 3.35. The highest BCUT2D eigenvalue weighted by molar-refractivity contribution is 6.04. The zero-order valence-electron chi connectivity index (χ0n) is 18.8. The van der Waals surface area contributed by atoms with Crippen molar-refractivity contribution in [2.75, 3.05) is 19.5 Å². The molecule has 2 N–H and O–H groups in total. The second-order valence-electron chi connectivity index (χ2n) is 7.70. The van der Waals surface area contributed by atoms with Crippen LogP contribution in [0.2, 0.25) is 0 Å². The first-order valence-corrected chi connectivity index (χ1v) is 10.2. The van der Waals surface area contributed by atoms with E-state index in [2.05, 4.69) is 10.6 Å². The van der Waals surface area contributed by atoms with Gasteiger partial charge >= 0.3 is 12.0 Å². The van der Waals surface area contributed by atoms with Gasteiger partial charge in [0.15, 0.2) is 0 Å². The normalized spacial score (nSPS) is 16.0. The maximum atomic E-state index is 12.8. The van der Waals surface area contributed by atoms with Crippen molar-refractivity contribution >= 4 is 23.6 Å². The molecule has 1 aliphatic rings. The van der Waals surface area contributed by atoms with Gasteiger partial charge in [0.1, 0.15) is 5.75 Å². The summed E-state index contributed by atoms with van der Waals surface area (Å²) in [6.07, 6.45) is -0.291. The van der Waals surface area contributed by atoms with E-state index in [-0.39, 0.29) is 18.0 Å². The first-order chi connectivity index (χ1) is 15.2. The average molecular weight is 437 g/mol. The van der Waals surface area contributed by atoms with Crippen LogP contribution in [0.4, 0.5) is 10.5 Å². The van der Waals surface area contributed by atoms with Crippen molar-refractivity contribution in [1.29, 1.82) is 0 Å². The van der Waals surface area contributed by atoms with Gasteiger partial charge in [-0.05, 0) is 56.7 Å². The molecule has 0 saturated heterocycles. The van der Waals surface area contributed by atoms with Gasteiger partial charge in [-0.3, -0.25) is 4.79 Å². The van der Waals surface area contributed by atoms with E-state index in [0.29, 0.717) is 33.8 Å². The number of carbonyl (C=O) groups is 3. The average Bonchev–Trinajstić information content (AvgIpc) is 2.77. The molecule has 3 rings (SSSR count). The Morgan fingerprint density at radius 3 is 2.44 bits per heavy atom. The van der Waals surface area contributed by atoms with E-state index < -0.39 is 12.0 Å². The number of esters is 1. The van der Waals surface area contributed by atoms with Gasteiger partial charge in [-0.1, -0.05) is 18.2 Å². The monoisotopic (exact) mass is 437 g/mol. The van der Waals surface area contributed by atoms with E-state index in [4.69, 9.17) is 9.47 Å². The summed E-state index contributed by atoms with van der Waals surface area (Å²) in [5.74, 6) is -0.167. The molecule has 2 aromatic carbocycles. The topological polar surface area (TPSA) is 97.0 Å². The SMILES string of the molecule is COc1cccc(C(=O)Nc2ccc(C3NC(=O)N(C)C(C)=C3C(=O)OC(C)C)cc2)c1. The third-order valence-corrected chi connectivity index (χ3v) is 5.15. The van der Waals surface area contributed by atoms with Crippen LogP contribution >= 0.6 is 0 Å². The standard InChI is InChI=1S/C24H27N3O5/c1-14(2)32-23(29)20-15(3)27(4)24(30)26-21(20)16-9-11-18(12-10-16)25-22(28)17-7-6-8-19(13-17)31-5/h6-14,21H,1-5H3,(H,25,28)(H,26,30). The van der Waals surface area contributed by atoms with Crippen molar-refractivity contribution in [3.05, 3.63) is 70.9 Å². The van der Waals surface area contributed by atoms with E-state index in [1.807, 2.05) is 0 Å². The summed E-state index contributed by atoms with van der Waals surface area (Å²) in [6, 6.07) is 12.8. The molecule has 1 aliphatic heterocycles. The molecule has 168 valence electrons. The van der Waals surface area contributed by atoms with Crippen LogP contribution in [0.15, 0.2) is 59.8 Å². The second-order valence-corrected chi connectivity index (χ2v) is 7.70. The number of nitrogens with zero attached hydrogens (tertiary/aromatic N) is 1. The van der Waals surface area contributed by atoms with E-state index >= 15 is 0 Å². The number of carbonyl (C=O) groups excluding carboxylic acids is 3. The summed E-state index contributed by atoms with van der Waals surface area (Å²) in [4.78, 5) is 39.0. The number of methoxy groups -OCH3 is 1. The summed E-state index contributed by atoms with van der Waals surface area (Å²) in [5, 5.41) is 5.67. The number of hydrogen-bond donors (Lipinski definition) is 2. The van der Waals surface area contributed by atoms with Gasteiger partial charge in [-0.15, -0.1) is 0 Å². The summed E-state index contributed by atoms with van der Waals surface area (Å²) >= 11 is 0. The predicted molar refractivity (Wildman–Crippen MR) is 120 cm³/mol. The minimum absolute atomic E-state index is 0.277. The molecule has 2 aromatic rings. The highest BCUT2D eigenvalue weighted by Gasteiger charge is 2.35. The maximum Gasteiger partial charge on any atom is 0.338 e. The van der Waals surface area contributed by atoms with Crippen LogP contribution < -0.4 is 15.4 Å². The quantitative estimate of drug-likeness (QED) is 0.669. The molecule has 0 bridgehead atoms. The van der Waals surface area contributed by atoms with Gasteiger partial charge in [-0.25, -0.2) is 9.59 Å². The fraction of sp³-hybridized carbons (Fsp3) is 0.292. The molecule has 8 heteroatoms. The molecule has 1 atom stereocenters. The van der Waals surface area contributed by atoms with Gasteiger partial charge in [0, 0.05) is 24.0 Å². The van der Waals surface area contributed by atoms with E-state index in [1.165, 1.54) is 4.90 Å². The van der Waals surface area contributed by atoms with Crippen LogP contribution in [0.3, 0.4) is 0 Å². The Kier molecular flexibility index (Phi) is 6.82. The fourth-order valence-electron chi connectivity index (χ4n) is 3.35. The molecular weight excluding hydrogens is 410 g/mol. The van der Waals surface area contributed by atoms with Crippen molar-refractivity contribution in [3.63, 3.8) is 0 Å². The molecule has 3 amide bonds. The Balaban J connectivity index is 1.83. The first-order valence-electron chi connectivity index (χ1n) is 10.2. The van der Waals surface area contributed by atoms with Crippen LogP contribution in [-0.2, 0) is 9.53 Å². The number of anilines is 1. The molecule has 0 fully saturated rings. The van der Waals surface area contributed by atoms with Gasteiger partial charge in [0.2, 0.25) is 0 Å². The Morgan fingerprint density at radius 1 is 1.12 bits per heavy atom. The van der Waals surface area contributed by atoms with E-state index in [1.54, 1.807) is 83.5 Å². The molecule has 8 nitrogen and oxygen atoms in total. The number of amides is 3. The van der Waals surface area contributed by atoms with Crippen molar-refractivity contribution in [2.45, 2.75) is 32.9 Å². The Bertz CT molecular complexity index is 1060. The molecule has 1 unspecified atom stereocenters. The molecule has 0 saturated carbocycles. The smallest absolute Gasteiger partial charge is 0.338 e. The summed E-state index contributed by atoms with van der Waals surface area (Å²) in [5.41, 5.74) is 2.63. The zero-order valence-corrected chi connectivity index (χ0v) is 18.8. The highest BCUT2D eigenvalue weighted by atomic mass is 16.5. The van der Waals surface area contributed by atoms with Crippen LogP contribution in [-0.4, -0.2) is 43.1 Å². The molecular formula is C24H27N3O5. The van der Waals surface area contributed by atoms with Crippen LogP contribution in [0.5, 0.6) is 5.75 Å². The lowest BCUT2D eigenvalue weighted by atomic mass is 9.95. The van der Waals surface area contributed by atoms with Crippen molar-refractivity contribution in [3.8, 4) is 5.75 Å². The minimum Gasteiger partial charge on any atom is -0.497 e. The Morgan fingerprint density at radius 2 is 1.81 bits per heavy atom. The van der Waals surface area contributed by atoms with Crippen molar-refractivity contribution in [2.24, 2.45) is 0 Å². The van der Waals surface area contributed by atoms with Gasteiger partial charge in [0.05, 0.1) is 24.8 Å². The largest absolute Gasteiger partial charge is 0.497 e. The number of rotatable bonds is 6. The van der Waals surface area contributed by atoms with Gasteiger partial charge < -0.3 is 25.0 Å². The molecule has 1 heterocycles. The van der Waals surface area contributed by atoms with Crippen LogP contribution in [0.1, 0.15) is 42.7 Å². The number of benzene rings is 2. The van der Waals surface area contributed by atoms with Gasteiger partial charge in [-0.2, -0.15) is 0 Å². The third-order valence-electron chi connectivity index (χ3n) is 5.15. The number of nitrogens with one attached hydrogen (secondary N) is 2. The van der Waals surface area contributed by atoms with Gasteiger partial charge in [0.25, 0.3) is 5.91 Å². The predicted octanol–water partition coefficient (Wildman–Crippen LogP) is 3.87. The molecule has 0 spiro atoms. The number of hydrogen-bond acceptors (Lipinski definition) is 5. The summed E-state index contributed by atoms with van der Waals surface area (Å²) in [6.45, 7) is 5.26. The lowest BCUT2D eigenvalue weighted by Gasteiger charge is -2.33. The van der Waals surface area contributed by atoms with E-state index in [9.17, 15) is 14.4 Å². The lowest BCUT2D eigenvalue weighted by molar-refractivity contribution is -0.143. The number of allylic oxidation sites excluding steroid dienone is 1. The maximum absolute atomic E-state index is 12.8. The van der Waals surface area contributed by atoms with Crippen LogP contribution in [0.25, 0.3) is 0 Å². The lowest BCUT2D eigenvalue weighted by Crippen LogP contribution is -2.46. The molecule has 32 heavy (non-hydrogen) atoms. The number of ether oxygens (including phenoxy) is 2. The van der Waals surface area contributed by atoms with E-state index in [0.717, 1.165) is 0 Å². The first kappa shape index (κ1) is 22.9. The Hall–Kier alpha value is -3.81. The zero-order chi connectivity index (χ0) is 23.4. The third kappa shape index (κ3) is 4.91. The summed E-state index contributed by atoms with van der Waals surface area (Å²) < 4.78 is 10.6. The number of urea groups is 1. The Labute approximate surface area is 187 Å². The van der Waals surface area contributed by atoms with Crippen molar-refractivity contribution in [1.82, 2.24) is 10.2 Å². The molecule has 0 aromatic heterocycles. The molecule has 0 radical (unpaired) electrons. The molecule has 0 aliphatic carbocycles. The van der Waals surface area contributed by atoms with Crippen molar-refractivity contribution < 1.29 is 23.9 Å². The second kappa shape index (κ2) is 9.55. The van der Waals surface area contributed by atoms with Crippen LogP contribution in [0, 0.1) is 0 Å². The summed E-state index contributed by atoms with van der Waals surface area (Å²) in [7, 11) is 3.14.